The van der Waals surface area contributed by atoms with Gasteiger partial charge >= 0.3 is 0 Å². The summed E-state index contributed by atoms with van der Waals surface area (Å²) in [5.41, 5.74) is 7.73. The summed E-state index contributed by atoms with van der Waals surface area (Å²) in [6, 6.07) is 7.86. The van der Waals surface area contributed by atoms with Crippen LogP contribution in [-0.4, -0.2) is 29.6 Å². The van der Waals surface area contributed by atoms with Crippen molar-refractivity contribution in [2.24, 2.45) is 11.7 Å². The molecular formula is C15H18Cl2N2. The number of hydrogen-bond donors (Lipinski definition) is 1. The normalized spacial score (nSPS) is 43.7. The first-order chi connectivity index (χ1) is 9.15. The summed E-state index contributed by atoms with van der Waals surface area (Å²) in [7, 11) is 0. The lowest BCUT2D eigenvalue weighted by Gasteiger charge is -2.38. The third-order valence-corrected chi connectivity index (χ3v) is 6.15. The van der Waals surface area contributed by atoms with Gasteiger partial charge < -0.3 is 5.73 Å². The second-order valence-corrected chi connectivity index (χ2v) is 7.07. The number of rotatable bonds is 1. The summed E-state index contributed by atoms with van der Waals surface area (Å²) in [5.74, 6) is 1.15. The molecule has 3 aliphatic rings. The Bertz CT molecular complexity index is 519. The molecular weight excluding hydrogens is 279 g/mol. The predicted octanol–water partition coefficient (Wildman–Crippen LogP) is 3.27. The van der Waals surface area contributed by atoms with Gasteiger partial charge in [-0.05, 0) is 48.8 Å². The number of hydrogen-bond acceptors (Lipinski definition) is 2. The van der Waals surface area contributed by atoms with Crippen molar-refractivity contribution in [1.82, 2.24) is 4.90 Å². The summed E-state index contributed by atoms with van der Waals surface area (Å²) in [6.45, 7) is 1.08. The van der Waals surface area contributed by atoms with Gasteiger partial charge in [0.25, 0.3) is 0 Å². The molecule has 1 aromatic rings. The molecule has 2 nitrogen and oxygen atoms in total. The van der Waals surface area contributed by atoms with Crippen LogP contribution >= 0.6 is 23.2 Å². The van der Waals surface area contributed by atoms with E-state index in [1.54, 1.807) is 0 Å². The lowest BCUT2D eigenvalue weighted by molar-refractivity contribution is 0.151. The van der Waals surface area contributed by atoms with Gasteiger partial charge in [0, 0.05) is 24.7 Å². The molecule has 102 valence electrons. The predicted molar refractivity (Wildman–Crippen MR) is 78.8 cm³/mol. The summed E-state index contributed by atoms with van der Waals surface area (Å²) < 4.78 is 0. The van der Waals surface area contributed by atoms with Gasteiger partial charge in [-0.1, -0.05) is 29.3 Å². The molecule has 19 heavy (non-hydrogen) atoms. The number of benzene rings is 1. The van der Waals surface area contributed by atoms with Crippen LogP contribution in [-0.2, 0) is 0 Å². The van der Waals surface area contributed by atoms with E-state index < -0.39 is 0 Å². The van der Waals surface area contributed by atoms with Gasteiger partial charge in [-0.2, -0.15) is 0 Å². The van der Waals surface area contributed by atoms with Crippen LogP contribution in [0.3, 0.4) is 0 Å². The first kappa shape index (κ1) is 12.5. The van der Waals surface area contributed by atoms with Gasteiger partial charge in [-0.15, -0.1) is 0 Å². The third kappa shape index (κ3) is 1.77. The van der Waals surface area contributed by atoms with Crippen molar-refractivity contribution in [2.45, 2.75) is 43.3 Å². The third-order valence-electron chi connectivity index (χ3n) is 5.41. The van der Waals surface area contributed by atoms with E-state index in [-0.39, 0.29) is 0 Å². The topological polar surface area (TPSA) is 29.3 Å². The molecule has 4 rings (SSSR count). The van der Waals surface area contributed by atoms with Crippen LogP contribution in [0.1, 0.15) is 30.7 Å². The van der Waals surface area contributed by atoms with E-state index in [1.807, 2.05) is 6.07 Å². The zero-order chi connectivity index (χ0) is 13.1. The largest absolute Gasteiger partial charge is 0.326 e. The van der Waals surface area contributed by atoms with Gasteiger partial charge in [0.1, 0.15) is 0 Å². The molecule has 0 aliphatic carbocycles. The zero-order valence-electron chi connectivity index (χ0n) is 10.7. The second kappa shape index (κ2) is 4.36. The zero-order valence-corrected chi connectivity index (χ0v) is 12.2. The Hall–Kier alpha value is -0.280. The molecule has 0 spiro atoms. The standard InChI is InChI=1S/C15H18Cl2N2/c16-11-3-1-8(5-12(11)17)10-6-9-2-4-14-15(10)13(18)7-19(9)14/h1,3,5,9-10,13-15H,2,4,6-7,18H2/t9-,10+,13?,14+,15-/m1/s1. The van der Waals surface area contributed by atoms with Gasteiger partial charge in [-0.3, -0.25) is 4.90 Å². The van der Waals surface area contributed by atoms with Crippen molar-refractivity contribution in [3.05, 3.63) is 33.8 Å². The Morgan fingerprint density at radius 2 is 2.00 bits per heavy atom. The molecule has 0 aromatic heterocycles. The fourth-order valence-electron chi connectivity index (χ4n) is 4.69. The Morgan fingerprint density at radius 1 is 1.16 bits per heavy atom. The molecule has 2 N–H and O–H groups in total. The van der Waals surface area contributed by atoms with Crippen molar-refractivity contribution < 1.29 is 0 Å². The molecule has 3 fully saturated rings. The van der Waals surface area contributed by atoms with Crippen LogP contribution in [0.4, 0.5) is 0 Å². The molecule has 4 bridgehead atoms. The Morgan fingerprint density at radius 3 is 2.79 bits per heavy atom. The van der Waals surface area contributed by atoms with E-state index in [9.17, 15) is 0 Å². The first-order valence-corrected chi connectivity index (χ1v) is 7.87. The van der Waals surface area contributed by atoms with Crippen LogP contribution in [0.15, 0.2) is 18.2 Å². The van der Waals surface area contributed by atoms with E-state index in [0.29, 0.717) is 34.0 Å². The van der Waals surface area contributed by atoms with Crippen molar-refractivity contribution in [3.8, 4) is 0 Å². The Kier molecular flexibility index (Phi) is 2.86. The average molecular weight is 297 g/mol. The van der Waals surface area contributed by atoms with Crippen molar-refractivity contribution >= 4 is 23.2 Å². The van der Waals surface area contributed by atoms with Crippen molar-refractivity contribution in [1.29, 1.82) is 0 Å². The number of nitrogens with zero attached hydrogens (tertiary/aromatic N) is 1. The number of piperidine rings is 1. The Balaban J connectivity index is 1.73. The van der Waals surface area contributed by atoms with Gasteiger partial charge in [0.2, 0.25) is 0 Å². The van der Waals surface area contributed by atoms with Crippen molar-refractivity contribution in [3.63, 3.8) is 0 Å². The lowest BCUT2D eigenvalue weighted by atomic mass is 9.76. The Labute approximate surface area is 123 Å². The van der Waals surface area contributed by atoms with Crippen LogP contribution < -0.4 is 5.73 Å². The fraction of sp³-hybridized carbons (Fsp3) is 0.600. The highest BCUT2D eigenvalue weighted by Crippen LogP contribution is 2.52. The van der Waals surface area contributed by atoms with Crippen LogP contribution in [0.2, 0.25) is 10.0 Å². The summed E-state index contributed by atoms with van der Waals surface area (Å²) in [6.07, 6.45) is 3.89. The molecule has 3 aliphatic heterocycles. The second-order valence-electron chi connectivity index (χ2n) is 6.25. The molecule has 3 saturated heterocycles. The quantitative estimate of drug-likeness (QED) is 0.862. The van der Waals surface area contributed by atoms with Crippen LogP contribution in [0.25, 0.3) is 0 Å². The fourth-order valence-corrected chi connectivity index (χ4v) is 4.99. The van der Waals surface area contributed by atoms with Crippen molar-refractivity contribution in [2.75, 3.05) is 6.54 Å². The van der Waals surface area contributed by atoms with Crippen LogP contribution in [0.5, 0.6) is 0 Å². The highest BCUT2D eigenvalue weighted by molar-refractivity contribution is 6.42. The highest BCUT2D eigenvalue weighted by Gasteiger charge is 2.54. The smallest absolute Gasteiger partial charge is 0.0595 e. The molecule has 6 atom stereocenters. The maximum atomic E-state index is 6.40. The maximum absolute atomic E-state index is 6.40. The monoisotopic (exact) mass is 296 g/mol. The molecule has 0 amide bonds. The lowest BCUT2D eigenvalue weighted by Crippen LogP contribution is -2.41. The summed E-state index contributed by atoms with van der Waals surface area (Å²) in [4.78, 5) is 2.66. The SMILES string of the molecule is NC1CN2[C@@H]3CC[C@H]2[C@@H]1[C@H](c1ccc(Cl)c(Cl)c1)C3. The number of nitrogens with two attached hydrogens (primary N) is 1. The maximum Gasteiger partial charge on any atom is 0.0595 e. The van der Waals surface area contributed by atoms with Crippen LogP contribution in [0, 0.1) is 5.92 Å². The summed E-state index contributed by atoms with van der Waals surface area (Å²) in [5, 5.41) is 1.31. The molecule has 1 aromatic carbocycles. The minimum Gasteiger partial charge on any atom is -0.326 e. The van der Waals surface area contributed by atoms with E-state index in [1.165, 1.54) is 24.8 Å². The van der Waals surface area contributed by atoms with Gasteiger partial charge in [0.05, 0.1) is 10.0 Å². The number of halogens is 2. The minimum absolute atomic E-state index is 0.315. The highest BCUT2D eigenvalue weighted by atomic mass is 35.5. The van der Waals surface area contributed by atoms with E-state index in [0.717, 1.165) is 12.6 Å². The average Bonchev–Trinajstić information content (AvgIpc) is 2.78. The summed E-state index contributed by atoms with van der Waals surface area (Å²) >= 11 is 12.2. The first-order valence-electron chi connectivity index (χ1n) is 7.11. The molecule has 2 unspecified atom stereocenters. The van der Waals surface area contributed by atoms with E-state index in [2.05, 4.69) is 17.0 Å². The van der Waals surface area contributed by atoms with Gasteiger partial charge in [-0.25, -0.2) is 0 Å². The molecule has 0 saturated carbocycles. The van der Waals surface area contributed by atoms with E-state index >= 15 is 0 Å². The molecule has 3 heterocycles. The molecule has 4 heteroatoms. The van der Waals surface area contributed by atoms with E-state index in [4.69, 9.17) is 28.9 Å². The molecule has 0 radical (unpaired) electrons. The van der Waals surface area contributed by atoms with Gasteiger partial charge in [0.15, 0.2) is 0 Å². The minimum atomic E-state index is 0.315.